The van der Waals surface area contributed by atoms with E-state index in [0.29, 0.717) is 61.3 Å². The Hall–Kier alpha value is -3.51. The molecule has 3 heterocycles. The van der Waals surface area contributed by atoms with E-state index in [0.717, 1.165) is 25.6 Å². The Morgan fingerprint density at radius 3 is 2.60 bits per heavy atom. The highest BCUT2D eigenvalue weighted by Gasteiger charge is 2.42. The van der Waals surface area contributed by atoms with Crippen LogP contribution in [0.1, 0.15) is 54.9 Å². The van der Waals surface area contributed by atoms with Crippen LogP contribution in [0.2, 0.25) is 5.02 Å². The lowest BCUT2D eigenvalue weighted by molar-refractivity contribution is -0.144. The van der Waals surface area contributed by atoms with Crippen LogP contribution in [0.5, 0.6) is 0 Å². The fourth-order valence-electron chi connectivity index (χ4n) is 7.35. The number of hydrogen-bond donors (Lipinski definition) is 2. The summed E-state index contributed by atoms with van der Waals surface area (Å²) in [6, 6.07) is 9.54. The van der Waals surface area contributed by atoms with Crippen LogP contribution in [-0.4, -0.2) is 90.3 Å². The molecule has 1 aliphatic carbocycles. The minimum atomic E-state index is -0.762. The van der Waals surface area contributed by atoms with E-state index in [4.69, 9.17) is 25.5 Å². The predicted molar refractivity (Wildman–Crippen MR) is 174 cm³/mol. The highest BCUT2D eigenvalue weighted by Crippen LogP contribution is 2.33. The number of ether oxygens (including phenoxy) is 2. The van der Waals surface area contributed by atoms with Crippen molar-refractivity contribution in [2.75, 3.05) is 38.7 Å². The summed E-state index contributed by atoms with van der Waals surface area (Å²) in [5.74, 6) is -2.10. The van der Waals surface area contributed by atoms with Gasteiger partial charge in [-0.3, -0.25) is 19.3 Å². The molecule has 252 valence electrons. The third kappa shape index (κ3) is 7.33. The Morgan fingerprint density at radius 2 is 1.87 bits per heavy atom. The first-order valence-electron chi connectivity index (χ1n) is 16.3. The second-order valence-corrected chi connectivity index (χ2v) is 13.5. The van der Waals surface area contributed by atoms with E-state index in [1.165, 1.54) is 12.3 Å². The maximum atomic E-state index is 15.5. The number of carbonyl (C=O) groups is 3. The van der Waals surface area contributed by atoms with Gasteiger partial charge in [0, 0.05) is 38.2 Å². The number of para-hydroxylation sites is 1. The first kappa shape index (κ1) is 33.4. The summed E-state index contributed by atoms with van der Waals surface area (Å²) in [6.45, 7) is 4.63. The molecule has 1 saturated carbocycles. The van der Waals surface area contributed by atoms with E-state index < -0.39 is 17.7 Å². The lowest BCUT2D eigenvalue weighted by atomic mass is 9.87. The molecule has 3 aromatic rings. The van der Waals surface area contributed by atoms with E-state index >= 15 is 4.39 Å². The lowest BCUT2D eigenvalue weighted by Gasteiger charge is -2.30. The number of halogens is 2. The maximum Gasteiger partial charge on any atom is 0.306 e. The molecule has 2 aliphatic heterocycles. The van der Waals surface area contributed by atoms with Crippen LogP contribution in [0.3, 0.4) is 0 Å². The summed E-state index contributed by atoms with van der Waals surface area (Å²) in [5.41, 5.74) is 1.08. The molecular weight excluding hydrogens is 629 g/mol. The van der Waals surface area contributed by atoms with Gasteiger partial charge >= 0.3 is 5.97 Å². The number of likely N-dealkylation sites (tertiary alicyclic amines) is 2. The van der Waals surface area contributed by atoms with Crippen molar-refractivity contribution in [3.63, 3.8) is 0 Å². The largest absolute Gasteiger partial charge is 0.481 e. The van der Waals surface area contributed by atoms with Gasteiger partial charge in [0.15, 0.2) is 0 Å². The van der Waals surface area contributed by atoms with Gasteiger partial charge in [-0.1, -0.05) is 36.7 Å². The Kier molecular flexibility index (Phi) is 10.2. The Labute approximate surface area is 278 Å². The molecule has 3 fully saturated rings. The number of fused-ring (bicyclic) bond motifs is 1. The van der Waals surface area contributed by atoms with Crippen LogP contribution in [0.15, 0.2) is 47.1 Å². The normalized spacial score (nSPS) is 26.6. The summed E-state index contributed by atoms with van der Waals surface area (Å²) in [4.78, 5) is 42.3. The number of carboxylic acid groups (broad SMARTS) is 1. The van der Waals surface area contributed by atoms with E-state index in [1.54, 1.807) is 36.3 Å². The molecule has 0 unspecified atom stereocenters. The predicted octanol–water partition coefficient (Wildman–Crippen LogP) is 5.62. The summed E-state index contributed by atoms with van der Waals surface area (Å²) in [5, 5.41) is 12.7. The third-order valence-corrected chi connectivity index (χ3v) is 10.4. The molecule has 12 heteroatoms. The van der Waals surface area contributed by atoms with Crippen molar-refractivity contribution in [1.29, 1.82) is 0 Å². The molecule has 2 N–H and O–H groups in total. The van der Waals surface area contributed by atoms with E-state index in [1.807, 2.05) is 0 Å². The second-order valence-electron chi connectivity index (χ2n) is 13.1. The van der Waals surface area contributed by atoms with E-state index in [2.05, 4.69) is 17.1 Å². The van der Waals surface area contributed by atoms with Crippen LogP contribution in [0.25, 0.3) is 11.0 Å². The maximum absolute atomic E-state index is 15.5. The van der Waals surface area contributed by atoms with Crippen LogP contribution >= 0.6 is 11.6 Å². The van der Waals surface area contributed by atoms with Crippen LogP contribution in [-0.2, 0) is 25.5 Å². The number of hydrogen-bond acceptors (Lipinski definition) is 7. The minimum Gasteiger partial charge on any atom is -0.481 e. The number of amides is 2. The van der Waals surface area contributed by atoms with Gasteiger partial charge in [0.05, 0.1) is 53.5 Å². The standard InChI is InChI=1S/C35H41ClFN3O7/c1-20-15-39(17-32(20)45-2)23-13-24(18-46-25-9-7-21(8-10-25)35(43)44)40(16-23)33(41)12-22-11-28(36)30(14-29(22)37)38-34(42)27-19-47-31-6-4-3-5-26(27)31/h3-6,11,14,19-21,23-25,32H,7-10,12-13,15-18H2,1-2H3,(H,38,42)(H,43,44)/t20-,21?,23+,24+,25?,32+/m1/s1. The zero-order valence-corrected chi connectivity index (χ0v) is 27.4. The highest BCUT2D eigenvalue weighted by molar-refractivity contribution is 6.34. The number of methoxy groups -OCH3 is 1. The van der Waals surface area contributed by atoms with Crippen molar-refractivity contribution in [3.05, 3.63) is 64.6 Å². The van der Waals surface area contributed by atoms with Crippen molar-refractivity contribution in [1.82, 2.24) is 9.80 Å². The molecule has 2 saturated heterocycles. The molecule has 3 aliphatic rings. The minimum absolute atomic E-state index is 0.0506. The van der Waals surface area contributed by atoms with Gasteiger partial charge in [-0.2, -0.15) is 0 Å². The summed E-state index contributed by atoms with van der Waals surface area (Å²) >= 11 is 6.51. The monoisotopic (exact) mass is 669 g/mol. The molecule has 4 atom stereocenters. The average Bonchev–Trinajstić information content (AvgIpc) is 3.79. The van der Waals surface area contributed by atoms with Crippen LogP contribution in [0, 0.1) is 17.7 Å². The Balaban J connectivity index is 1.13. The van der Waals surface area contributed by atoms with Crippen molar-refractivity contribution in [3.8, 4) is 0 Å². The molecule has 0 radical (unpaired) electrons. The van der Waals surface area contributed by atoms with Gasteiger partial charge in [0.1, 0.15) is 17.7 Å². The number of furan rings is 1. The van der Waals surface area contributed by atoms with Crippen LogP contribution in [0.4, 0.5) is 10.1 Å². The summed E-state index contributed by atoms with van der Waals surface area (Å²) in [6.07, 6.45) is 4.44. The number of aliphatic carboxylic acids is 1. The molecular formula is C35H41ClFN3O7. The molecule has 10 nitrogen and oxygen atoms in total. The van der Waals surface area contributed by atoms with Crippen molar-refractivity contribution >= 4 is 46.0 Å². The Morgan fingerprint density at radius 1 is 1.11 bits per heavy atom. The first-order valence-corrected chi connectivity index (χ1v) is 16.6. The van der Waals surface area contributed by atoms with Gasteiger partial charge in [-0.05, 0) is 61.8 Å². The smallest absolute Gasteiger partial charge is 0.306 e. The summed E-state index contributed by atoms with van der Waals surface area (Å²) < 4.78 is 32.9. The number of carboxylic acids is 1. The van der Waals surface area contributed by atoms with Crippen molar-refractivity contribution in [2.45, 2.75) is 69.7 Å². The topological polar surface area (TPSA) is 122 Å². The molecule has 1 aromatic heterocycles. The number of carbonyl (C=O) groups excluding carboxylic acids is 2. The third-order valence-electron chi connectivity index (χ3n) is 10.1. The molecule has 47 heavy (non-hydrogen) atoms. The molecule has 2 amide bonds. The quantitative estimate of drug-likeness (QED) is 0.286. The Bertz CT molecular complexity index is 1620. The van der Waals surface area contributed by atoms with Gasteiger partial charge in [0.2, 0.25) is 5.91 Å². The fourth-order valence-corrected chi connectivity index (χ4v) is 7.58. The van der Waals surface area contributed by atoms with Crippen molar-refractivity contribution in [2.24, 2.45) is 11.8 Å². The van der Waals surface area contributed by atoms with E-state index in [9.17, 15) is 19.5 Å². The number of rotatable bonds is 10. The van der Waals surface area contributed by atoms with Gasteiger partial charge in [-0.25, -0.2) is 4.39 Å². The van der Waals surface area contributed by atoms with Gasteiger partial charge < -0.3 is 29.2 Å². The highest BCUT2D eigenvalue weighted by atomic mass is 35.5. The van der Waals surface area contributed by atoms with E-state index in [-0.39, 0.29) is 58.8 Å². The number of benzene rings is 2. The first-order chi connectivity index (χ1) is 22.6. The molecule has 0 spiro atoms. The zero-order valence-electron chi connectivity index (χ0n) is 26.6. The molecule has 6 rings (SSSR count). The SMILES string of the molecule is CO[C@H]1CN([C@H]2C[C@@H](COC3CCC(C(=O)O)CC3)N(C(=O)Cc3cc(Cl)c(NC(=O)c4coc5ccccc45)cc3F)C2)C[C@H]1C. The fraction of sp³-hybridized carbons (Fsp3) is 0.514. The number of nitrogens with zero attached hydrogens (tertiary/aromatic N) is 2. The zero-order chi connectivity index (χ0) is 33.2. The second kappa shape index (κ2) is 14.3. The number of anilines is 1. The van der Waals surface area contributed by atoms with Crippen molar-refractivity contribution < 1.29 is 37.8 Å². The van der Waals surface area contributed by atoms with Crippen LogP contribution < -0.4 is 5.32 Å². The van der Waals surface area contributed by atoms with Gasteiger partial charge in [0.25, 0.3) is 5.91 Å². The number of nitrogens with one attached hydrogen (secondary N) is 1. The molecule has 0 bridgehead atoms. The summed E-state index contributed by atoms with van der Waals surface area (Å²) in [7, 11) is 1.72. The van der Waals surface area contributed by atoms with Gasteiger partial charge in [-0.15, -0.1) is 0 Å². The molecule has 2 aromatic carbocycles. The average molecular weight is 670 g/mol. The lowest BCUT2D eigenvalue weighted by Crippen LogP contribution is -2.41.